The molecule has 0 unspecified atom stereocenters. The third-order valence-corrected chi connectivity index (χ3v) is 3.03. The Morgan fingerprint density at radius 2 is 1.68 bits per heavy atom. The zero-order chi connectivity index (χ0) is 14.3. The second kappa shape index (κ2) is 7.87. The van der Waals surface area contributed by atoms with Crippen molar-refractivity contribution in [1.29, 1.82) is 0 Å². The van der Waals surface area contributed by atoms with E-state index in [1.54, 1.807) is 4.90 Å². The summed E-state index contributed by atoms with van der Waals surface area (Å²) < 4.78 is 26.8. The number of rotatable bonds is 7. The first-order chi connectivity index (χ1) is 9.11. The molecule has 0 fully saturated rings. The summed E-state index contributed by atoms with van der Waals surface area (Å²) in [7, 11) is 0. The lowest BCUT2D eigenvalue weighted by molar-refractivity contribution is 0.0745. The average molecular weight is 269 g/mol. The van der Waals surface area contributed by atoms with Crippen molar-refractivity contribution in [2.45, 2.75) is 39.5 Å². The van der Waals surface area contributed by atoms with E-state index in [1.807, 2.05) is 13.8 Å². The third-order valence-electron chi connectivity index (χ3n) is 3.03. The van der Waals surface area contributed by atoms with Gasteiger partial charge in [0.25, 0.3) is 5.91 Å². The molecule has 0 bridgehead atoms. The lowest BCUT2D eigenvalue weighted by Crippen LogP contribution is -2.33. The number of hydrogen-bond donors (Lipinski definition) is 0. The fourth-order valence-electron chi connectivity index (χ4n) is 1.85. The summed E-state index contributed by atoms with van der Waals surface area (Å²) in [5.74, 6) is -2.44. The molecule has 1 aromatic rings. The van der Waals surface area contributed by atoms with Crippen molar-refractivity contribution >= 4 is 5.91 Å². The van der Waals surface area contributed by atoms with Crippen molar-refractivity contribution in [1.82, 2.24) is 4.90 Å². The first-order valence-electron chi connectivity index (χ1n) is 6.85. The fourth-order valence-corrected chi connectivity index (χ4v) is 1.85. The molecular weight excluding hydrogens is 248 g/mol. The zero-order valence-corrected chi connectivity index (χ0v) is 11.6. The smallest absolute Gasteiger partial charge is 0.256 e. The maximum absolute atomic E-state index is 13.6. The van der Waals surface area contributed by atoms with Crippen LogP contribution in [0.15, 0.2) is 18.2 Å². The van der Waals surface area contributed by atoms with E-state index in [4.69, 9.17) is 0 Å². The lowest BCUT2D eigenvalue weighted by Gasteiger charge is -2.22. The van der Waals surface area contributed by atoms with Crippen LogP contribution in [0.1, 0.15) is 49.9 Å². The van der Waals surface area contributed by atoms with Crippen molar-refractivity contribution in [3.8, 4) is 0 Å². The molecule has 0 spiro atoms. The van der Waals surface area contributed by atoms with Crippen LogP contribution in [-0.2, 0) is 0 Å². The average Bonchev–Trinajstić information content (AvgIpc) is 2.41. The van der Waals surface area contributed by atoms with E-state index in [0.717, 1.165) is 31.7 Å². The molecule has 0 saturated carbocycles. The normalized spacial score (nSPS) is 10.5. The maximum Gasteiger partial charge on any atom is 0.256 e. The highest BCUT2D eigenvalue weighted by molar-refractivity contribution is 5.94. The molecule has 1 rings (SSSR count). The quantitative estimate of drug-likeness (QED) is 0.732. The molecule has 4 heteroatoms. The number of carbonyl (C=O) groups is 1. The second-order valence-electron chi connectivity index (χ2n) is 4.60. The number of benzene rings is 1. The minimum Gasteiger partial charge on any atom is -0.339 e. The van der Waals surface area contributed by atoms with Gasteiger partial charge in [0, 0.05) is 13.1 Å². The molecule has 0 heterocycles. The summed E-state index contributed by atoms with van der Waals surface area (Å²) in [5, 5.41) is 0. The zero-order valence-electron chi connectivity index (χ0n) is 11.6. The SMILES string of the molecule is CCCCN(CCCC)C(=O)c1cccc(F)c1F. The summed E-state index contributed by atoms with van der Waals surface area (Å²) in [6, 6.07) is 3.73. The summed E-state index contributed by atoms with van der Waals surface area (Å²) in [4.78, 5) is 13.9. The van der Waals surface area contributed by atoms with Gasteiger partial charge in [0.05, 0.1) is 5.56 Å². The molecule has 0 atom stereocenters. The predicted octanol–water partition coefficient (Wildman–Crippen LogP) is 4.01. The number of nitrogens with zero attached hydrogens (tertiary/aromatic N) is 1. The van der Waals surface area contributed by atoms with Gasteiger partial charge in [0.15, 0.2) is 11.6 Å². The van der Waals surface area contributed by atoms with Crippen LogP contribution in [0.3, 0.4) is 0 Å². The van der Waals surface area contributed by atoms with Gasteiger partial charge >= 0.3 is 0 Å². The van der Waals surface area contributed by atoms with Crippen molar-refractivity contribution in [3.63, 3.8) is 0 Å². The van der Waals surface area contributed by atoms with Crippen LogP contribution in [0.2, 0.25) is 0 Å². The van der Waals surface area contributed by atoms with Crippen molar-refractivity contribution in [2.24, 2.45) is 0 Å². The van der Waals surface area contributed by atoms with Gasteiger partial charge in [-0.15, -0.1) is 0 Å². The molecule has 2 nitrogen and oxygen atoms in total. The van der Waals surface area contributed by atoms with Gasteiger partial charge in [0.1, 0.15) is 0 Å². The Kier molecular flexibility index (Phi) is 6.46. The molecule has 0 saturated heterocycles. The standard InChI is InChI=1S/C15H21F2NO/c1-3-5-10-18(11-6-4-2)15(19)12-8-7-9-13(16)14(12)17/h7-9H,3-6,10-11H2,1-2H3. The Morgan fingerprint density at radius 3 is 2.21 bits per heavy atom. The molecule has 0 aliphatic rings. The maximum atomic E-state index is 13.6. The van der Waals surface area contributed by atoms with E-state index < -0.39 is 17.5 Å². The van der Waals surface area contributed by atoms with E-state index in [9.17, 15) is 13.6 Å². The van der Waals surface area contributed by atoms with E-state index in [2.05, 4.69) is 0 Å². The molecule has 0 radical (unpaired) electrons. The summed E-state index contributed by atoms with van der Waals surface area (Å²) in [6.45, 7) is 5.24. The van der Waals surface area contributed by atoms with Gasteiger partial charge in [-0.05, 0) is 25.0 Å². The third kappa shape index (κ3) is 4.30. The van der Waals surface area contributed by atoms with Crippen molar-refractivity contribution in [2.75, 3.05) is 13.1 Å². The van der Waals surface area contributed by atoms with Gasteiger partial charge < -0.3 is 4.90 Å². The van der Waals surface area contributed by atoms with Crippen LogP contribution in [-0.4, -0.2) is 23.9 Å². The highest BCUT2D eigenvalue weighted by Gasteiger charge is 2.20. The van der Waals surface area contributed by atoms with Crippen LogP contribution in [0, 0.1) is 11.6 Å². The van der Waals surface area contributed by atoms with E-state index in [-0.39, 0.29) is 5.56 Å². The first kappa shape index (κ1) is 15.6. The Bertz CT molecular complexity index is 413. The van der Waals surface area contributed by atoms with Crippen LogP contribution in [0.5, 0.6) is 0 Å². The van der Waals surface area contributed by atoms with Crippen LogP contribution in [0.25, 0.3) is 0 Å². The molecule has 106 valence electrons. The highest BCUT2D eigenvalue weighted by Crippen LogP contribution is 2.15. The highest BCUT2D eigenvalue weighted by atomic mass is 19.2. The molecule has 0 aliphatic carbocycles. The molecule has 0 aromatic heterocycles. The molecular formula is C15H21F2NO. The molecule has 1 amide bonds. The molecule has 1 aromatic carbocycles. The fraction of sp³-hybridized carbons (Fsp3) is 0.533. The van der Waals surface area contributed by atoms with E-state index in [0.29, 0.717) is 13.1 Å². The number of amides is 1. The minimum absolute atomic E-state index is 0.174. The van der Waals surface area contributed by atoms with Crippen molar-refractivity contribution in [3.05, 3.63) is 35.4 Å². The van der Waals surface area contributed by atoms with Gasteiger partial charge in [-0.2, -0.15) is 0 Å². The van der Waals surface area contributed by atoms with Gasteiger partial charge in [0.2, 0.25) is 0 Å². The molecule has 0 aliphatic heterocycles. The van der Waals surface area contributed by atoms with Crippen LogP contribution < -0.4 is 0 Å². The number of hydrogen-bond acceptors (Lipinski definition) is 1. The van der Waals surface area contributed by atoms with Crippen LogP contribution >= 0.6 is 0 Å². The van der Waals surface area contributed by atoms with Crippen LogP contribution in [0.4, 0.5) is 8.78 Å². The Balaban J connectivity index is 2.87. The van der Waals surface area contributed by atoms with E-state index in [1.165, 1.54) is 12.1 Å². The van der Waals surface area contributed by atoms with E-state index >= 15 is 0 Å². The monoisotopic (exact) mass is 269 g/mol. The number of unbranched alkanes of at least 4 members (excludes halogenated alkanes) is 2. The second-order valence-corrected chi connectivity index (χ2v) is 4.60. The van der Waals surface area contributed by atoms with Gasteiger partial charge in [-0.25, -0.2) is 8.78 Å². The summed E-state index contributed by atoms with van der Waals surface area (Å²) >= 11 is 0. The Morgan fingerprint density at radius 1 is 1.11 bits per heavy atom. The molecule has 0 N–H and O–H groups in total. The Hall–Kier alpha value is -1.45. The number of halogens is 2. The lowest BCUT2D eigenvalue weighted by atomic mass is 10.1. The largest absolute Gasteiger partial charge is 0.339 e. The number of carbonyl (C=O) groups excluding carboxylic acids is 1. The topological polar surface area (TPSA) is 20.3 Å². The Labute approximate surface area is 113 Å². The van der Waals surface area contributed by atoms with Crippen molar-refractivity contribution < 1.29 is 13.6 Å². The summed E-state index contributed by atoms with van der Waals surface area (Å²) in [5.41, 5.74) is -0.174. The molecule has 19 heavy (non-hydrogen) atoms. The summed E-state index contributed by atoms with van der Waals surface area (Å²) in [6.07, 6.45) is 3.65. The van der Waals surface area contributed by atoms with Gasteiger partial charge in [-0.3, -0.25) is 4.79 Å². The first-order valence-corrected chi connectivity index (χ1v) is 6.85. The minimum atomic E-state index is -1.05. The predicted molar refractivity (Wildman–Crippen MR) is 72.1 cm³/mol. The van der Waals surface area contributed by atoms with Gasteiger partial charge in [-0.1, -0.05) is 32.8 Å².